The number of imidazole rings is 1. The van der Waals surface area contributed by atoms with Crippen molar-refractivity contribution in [2.24, 2.45) is 0 Å². The van der Waals surface area contributed by atoms with E-state index in [1.807, 2.05) is 24.4 Å². The Morgan fingerprint density at radius 3 is 2.70 bits per heavy atom. The zero-order valence-electron chi connectivity index (χ0n) is 16.5. The van der Waals surface area contributed by atoms with Crippen LogP contribution in [0.3, 0.4) is 0 Å². The zero-order valence-corrected chi connectivity index (χ0v) is 16.5. The molecule has 2 aromatic carbocycles. The summed E-state index contributed by atoms with van der Waals surface area (Å²) in [6.45, 7) is 0.554. The molecule has 0 aliphatic heterocycles. The molecule has 6 heteroatoms. The maximum atomic E-state index is 13.3. The first-order valence-electron chi connectivity index (χ1n) is 10.3. The largest absolute Gasteiger partial charge is 0.423 e. The molecule has 0 spiro atoms. The molecule has 0 radical (unpaired) electrons. The minimum absolute atomic E-state index is 0.312. The highest BCUT2D eigenvalue weighted by molar-refractivity contribution is 5.93. The standard InChI is InChI=1S/C24H22FN3O2/c25-18-8-6-16(7-9-18)20-12-23(29)30-22-11-15(5-10-19(20)22)13-26-24-27-14-21(28-24)17-3-1-2-4-17/h5-12,14,17H,1-4,13H2,(H2,26,27,28). The predicted molar refractivity (Wildman–Crippen MR) is 115 cm³/mol. The highest BCUT2D eigenvalue weighted by Crippen LogP contribution is 2.33. The molecule has 0 amide bonds. The lowest BCUT2D eigenvalue weighted by Gasteiger charge is -2.09. The number of anilines is 1. The number of aromatic amines is 1. The second kappa shape index (κ2) is 7.78. The second-order valence-electron chi connectivity index (χ2n) is 7.84. The lowest BCUT2D eigenvalue weighted by molar-refractivity contribution is 0.561. The highest BCUT2D eigenvalue weighted by atomic mass is 19.1. The number of nitrogens with one attached hydrogen (secondary N) is 2. The predicted octanol–water partition coefficient (Wildman–Crippen LogP) is 5.59. The van der Waals surface area contributed by atoms with Gasteiger partial charge in [0, 0.05) is 29.6 Å². The number of fused-ring (bicyclic) bond motifs is 1. The van der Waals surface area contributed by atoms with Crippen molar-refractivity contribution in [3.05, 3.63) is 82.2 Å². The van der Waals surface area contributed by atoms with E-state index in [0.717, 1.165) is 28.0 Å². The van der Waals surface area contributed by atoms with Crippen molar-refractivity contribution in [2.45, 2.75) is 38.1 Å². The van der Waals surface area contributed by atoms with Crippen molar-refractivity contribution < 1.29 is 8.81 Å². The molecule has 0 unspecified atom stereocenters. The van der Waals surface area contributed by atoms with Crippen molar-refractivity contribution in [1.29, 1.82) is 0 Å². The summed E-state index contributed by atoms with van der Waals surface area (Å²) >= 11 is 0. The molecule has 30 heavy (non-hydrogen) atoms. The third kappa shape index (κ3) is 3.73. The van der Waals surface area contributed by atoms with Gasteiger partial charge >= 0.3 is 5.63 Å². The van der Waals surface area contributed by atoms with Gasteiger partial charge in [0.15, 0.2) is 0 Å². The first-order valence-corrected chi connectivity index (χ1v) is 10.3. The number of halogens is 1. The molecule has 1 aliphatic carbocycles. The van der Waals surface area contributed by atoms with E-state index in [1.165, 1.54) is 49.6 Å². The third-order valence-electron chi connectivity index (χ3n) is 5.81. The van der Waals surface area contributed by atoms with Crippen molar-refractivity contribution in [3.63, 3.8) is 0 Å². The van der Waals surface area contributed by atoms with Crippen LogP contribution in [-0.4, -0.2) is 9.97 Å². The van der Waals surface area contributed by atoms with E-state index < -0.39 is 5.63 Å². The Morgan fingerprint density at radius 1 is 1.10 bits per heavy atom. The number of benzene rings is 2. The van der Waals surface area contributed by atoms with E-state index in [-0.39, 0.29) is 5.82 Å². The van der Waals surface area contributed by atoms with Crippen LogP contribution in [0.1, 0.15) is 42.9 Å². The number of hydrogen-bond donors (Lipinski definition) is 2. The summed E-state index contributed by atoms with van der Waals surface area (Å²) in [4.78, 5) is 19.9. The maximum Gasteiger partial charge on any atom is 0.336 e. The summed E-state index contributed by atoms with van der Waals surface area (Å²) in [5.41, 5.74) is 3.75. The lowest BCUT2D eigenvalue weighted by Crippen LogP contribution is -2.03. The molecular weight excluding hydrogens is 381 g/mol. The molecule has 5 nitrogen and oxygen atoms in total. The van der Waals surface area contributed by atoms with Crippen LogP contribution >= 0.6 is 0 Å². The number of H-pyrrole nitrogens is 1. The minimum Gasteiger partial charge on any atom is -0.423 e. The lowest BCUT2D eigenvalue weighted by atomic mass is 10.0. The Labute approximate surface area is 173 Å². The van der Waals surface area contributed by atoms with Crippen LogP contribution in [-0.2, 0) is 6.54 Å². The van der Waals surface area contributed by atoms with Crippen molar-refractivity contribution >= 4 is 16.9 Å². The Kier molecular flexibility index (Phi) is 4.83. The van der Waals surface area contributed by atoms with Crippen LogP contribution in [0, 0.1) is 5.82 Å². The van der Waals surface area contributed by atoms with Gasteiger partial charge < -0.3 is 14.7 Å². The van der Waals surface area contributed by atoms with E-state index in [1.54, 1.807) is 12.1 Å². The van der Waals surface area contributed by atoms with E-state index in [0.29, 0.717) is 18.0 Å². The van der Waals surface area contributed by atoms with Gasteiger partial charge in [-0.2, -0.15) is 0 Å². The van der Waals surface area contributed by atoms with Crippen molar-refractivity contribution in [2.75, 3.05) is 5.32 Å². The Hall–Kier alpha value is -3.41. The zero-order chi connectivity index (χ0) is 20.5. The van der Waals surface area contributed by atoms with Gasteiger partial charge in [0.2, 0.25) is 5.95 Å². The third-order valence-corrected chi connectivity index (χ3v) is 5.81. The fourth-order valence-electron chi connectivity index (χ4n) is 4.24. The van der Waals surface area contributed by atoms with Crippen molar-refractivity contribution in [3.8, 4) is 11.1 Å². The number of aromatic nitrogens is 2. The number of nitrogens with zero attached hydrogens (tertiary/aromatic N) is 1. The van der Waals surface area contributed by atoms with Gasteiger partial charge in [0.05, 0.1) is 6.20 Å². The molecule has 1 aliphatic rings. The molecule has 0 atom stereocenters. The molecule has 152 valence electrons. The Balaban J connectivity index is 1.38. The highest BCUT2D eigenvalue weighted by Gasteiger charge is 2.19. The van der Waals surface area contributed by atoms with Crippen LogP contribution < -0.4 is 10.9 Å². The molecule has 4 aromatic rings. The fraction of sp³-hybridized carbons (Fsp3) is 0.250. The molecule has 0 saturated heterocycles. The number of hydrogen-bond acceptors (Lipinski definition) is 4. The molecule has 2 aromatic heterocycles. The monoisotopic (exact) mass is 403 g/mol. The smallest absolute Gasteiger partial charge is 0.336 e. The molecule has 1 saturated carbocycles. The maximum absolute atomic E-state index is 13.3. The summed E-state index contributed by atoms with van der Waals surface area (Å²) in [5, 5.41) is 4.12. The van der Waals surface area contributed by atoms with Crippen molar-refractivity contribution in [1.82, 2.24) is 9.97 Å². The molecule has 2 N–H and O–H groups in total. The molecule has 5 rings (SSSR count). The Morgan fingerprint density at radius 2 is 1.90 bits per heavy atom. The van der Waals surface area contributed by atoms with E-state index in [9.17, 15) is 9.18 Å². The van der Waals surface area contributed by atoms with Crippen LogP contribution in [0.15, 0.2) is 63.9 Å². The molecular formula is C24H22FN3O2. The average Bonchev–Trinajstić information content (AvgIpc) is 3.44. The quantitative estimate of drug-likeness (QED) is 0.426. The van der Waals surface area contributed by atoms with Crippen LogP contribution in [0.4, 0.5) is 10.3 Å². The SMILES string of the molecule is O=c1cc(-c2ccc(F)cc2)c2ccc(CNc3ncc(C4CCCC4)[nH]3)cc2o1. The van der Waals surface area contributed by atoms with E-state index in [4.69, 9.17) is 4.42 Å². The van der Waals surface area contributed by atoms with Gasteiger partial charge in [-0.1, -0.05) is 37.1 Å². The normalized spacial score (nSPS) is 14.4. The summed E-state index contributed by atoms with van der Waals surface area (Å²) in [6, 6.07) is 13.3. The van der Waals surface area contributed by atoms with Gasteiger partial charge in [0.25, 0.3) is 0 Å². The van der Waals surface area contributed by atoms with Gasteiger partial charge in [0.1, 0.15) is 11.4 Å². The van der Waals surface area contributed by atoms with Gasteiger partial charge in [-0.05, 0) is 47.7 Å². The van der Waals surface area contributed by atoms with E-state index in [2.05, 4.69) is 15.3 Å². The Bertz CT molecular complexity index is 1240. The summed E-state index contributed by atoms with van der Waals surface area (Å²) in [5.74, 6) is 1.03. The first-order chi connectivity index (χ1) is 14.7. The number of rotatable bonds is 5. The van der Waals surface area contributed by atoms with E-state index >= 15 is 0 Å². The van der Waals surface area contributed by atoms with Crippen LogP contribution in [0.2, 0.25) is 0 Å². The fourth-order valence-corrected chi connectivity index (χ4v) is 4.24. The first kappa shape index (κ1) is 18.6. The van der Waals surface area contributed by atoms with Gasteiger partial charge in [-0.3, -0.25) is 0 Å². The summed E-state index contributed by atoms with van der Waals surface area (Å²) < 4.78 is 18.7. The van der Waals surface area contributed by atoms with Gasteiger partial charge in [-0.15, -0.1) is 0 Å². The van der Waals surface area contributed by atoms with Gasteiger partial charge in [-0.25, -0.2) is 14.2 Å². The van der Waals surface area contributed by atoms with Crippen LogP contribution in [0.25, 0.3) is 22.1 Å². The van der Waals surface area contributed by atoms with Crippen LogP contribution in [0.5, 0.6) is 0 Å². The summed E-state index contributed by atoms with van der Waals surface area (Å²) in [6.07, 6.45) is 6.94. The minimum atomic E-state index is -0.431. The topological polar surface area (TPSA) is 70.9 Å². The molecule has 0 bridgehead atoms. The second-order valence-corrected chi connectivity index (χ2v) is 7.84. The average molecular weight is 403 g/mol. The molecule has 2 heterocycles. The molecule has 1 fully saturated rings. The summed E-state index contributed by atoms with van der Waals surface area (Å²) in [7, 11) is 0.